The highest BCUT2D eigenvalue weighted by atomic mass is 35.5. The SMILES string of the molecule is COc1ccnc(-c2cc([C@@H](COC(=O)NC3CC3)N3C(=O)[C@@](CC(C)(C)C)(C4(C)C=CC(c5cnn(C(F)F)c5)=CC4)N=C3N)ccc2Cl)n1. The van der Waals surface area contributed by atoms with Crippen molar-refractivity contribution in [1.29, 1.82) is 0 Å². The second-order valence-electron chi connectivity index (χ2n) is 14.5. The Morgan fingerprint density at radius 1 is 1.24 bits per heavy atom. The summed E-state index contributed by atoms with van der Waals surface area (Å²) in [7, 11) is 1.49. The van der Waals surface area contributed by atoms with Gasteiger partial charge < -0.3 is 20.5 Å². The van der Waals surface area contributed by atoms with Crippen molar-refractivity contribution in [2.24, 2.45) is 21.6 Å². The third kappa shape index (κ3) is 7.32. The Labute approximate surface area is 299 Å². The summed E-state index contributed by atoms with van der Waals surface area (Å²) in [5.41, 5.74) is 6.35. The van der Waals surface area contributed by atoms with E-state index in [4.69, 9.17) is 31.8 Å². The number of guanidine groups is 1. The average molecular weight is 723 g/mol. The van der Waals surface area contributed by atoms with Crippen LogP contribution in [-0.2, 0) is 9.53 Å². The van der Waals surface area contributed by atoms with Crippen LogP contribution < -0.4 is 15.8 Å². The number of carbonyl (C=O) groups is 2. The van der Waals surface area contributed by atoms with Gasteiger partial charge in [0.2, 0.25) is 5.88 Å². The van der Waals surface area contributed by atoms with E-state index in [2.05, 4.69) is 20.4 Å². The maximum atomic E-state index is 15.2. The van der Waals surface area contributed by atoms with E-state index in [0.29, 0.717) is 56.5 Å². The van der Waals surface area contributed by atoms with Gasteiger partial charge in [0.15, 0.2) is 17.3 Å². The molecule has 15 heteroatoms. The molecule has 2 amide bonds. The number of alkyl halides is 2. The number of halogens is 3. The Balaban J connectivity index is 1.39. The molecule has 0 radical (unpaired) electrons. The van der Waals surface area contributed by atoms with Crippen molar-refractivity contribution in [1.82, 2.24) is 30.0 Å². The van der Waals surface area contributed by atoms with Gasteiger partial charge in [-0.05, 0) is 54.4 Å². The topological polar surface area (TPSA) is 150 Å². The van der Waals surface area contributed by atoms with Crippen LogP contribution >= 0.6 is 11.6 Å². The Kier molecular flexibility index (Phi) is 9.66. The van der Waals surface area contributed by atoms with Crippen molar-refractivity contribution in [2.45, 2.75) is 77.6 Å². The van der Waals surface area contributed by atoms with Gasteiger partial charge in [-0.1, -0.05) is 63.6 Å². The zero-order chi connectivity index (χ0) is 36.7. The number of nitrogens with zero attached hydrogens (tertiary/aromatic N) is 6. The van der Waals surface area contributed by atoms with E-state index in [1.165, 1.54) is 24.4 Å². The maximum Gasteiger partial charge on any atom is 0.407 e. The molecule has 0 spiro atoms. The molecule has 1 fully saturated rings. The number of allylic oxidation sites excluding steroid dienone is 3. The van der Waals surface area contributed by atoms with E-state index in [9.17, 15) is 13.6 Å². The van der Waals surface area contributed by atoms with Crippen LogP contribution in [0.15, 0.2) is 66.1 Å². The van der Waals surface area contributed by atoms with E-state index >= 15 is 4.79 Å². The molecule has 3 N–H and O–H groups in total. The Morgan fingerprint density at radius 3 is 2.63 bits per heavy atom. The third-order valence-electron chi connectivity index (χ3n) is 9.41. The second-order valence-corrected chi connectivity index (χ2v) is 14.9. The summed E-state index contributed by atoms with van der Waals surface area (Å²) in [5.74, 6) is 0.238. The minimum atomic E-state index is -2.76. The summed E-state index contributed by atoms with van der Waals surface area (Å²) in [6.45, 7) is 5.01. The standard InChI is InChI=1S/C36H41ClF2N8O4/c1-34(2,3)20-36(35(4)13-10-21(11-14-35)23-17-42-46(18-23)31(38)39)30(48)47(32(40)45-36)27(19-51-33(49)43-24-7-8-24)22-6-9-26(37)25(16-22)29-41-15-12-28(44-29)50-5/h6,9-13,15-18,24,27,31H,7-8,14,19-20H2,1-5H3,(H2,40,45)(H,43,49)/t27-,35?,36+/m1/s1. The van der Waals surface area contributed by atoms with E-state index in [0.717, 1.165) is 12.8 Å². The number of carbonyl (C=O) groups excluding carboxylic acids is 2. The summed E-state index contributed by atoms with van der Waals surface area (Å²) >= 11 is 6.65. The van der Waals surface area contributed by atoms with Crippen molar-refractivity contribution in [3.05, 3.63) is 77.2 Å². The molecule has 3 atom stereocenters. The summed E-state index contributed by atoms with van der Waals surface area (Å²) < 4.78 is 38.1. The van der Waals surface area contributed by atoms with Crippen molar-refractivity contribution < 1.29 is 27.8 Å². The van der Waals surface area contributed by atoms with E-state index < -0.39 is 29.6 Å². The van der Waals surface area contributed by atoms with Crippen molar-refractivity contribution in [3.63, 3.8) is 0 Å². The number of amides is 2. The van der Waals surface area contributed by atoms with Crippen LogP contribution in [0.4, 0.5) is 13.6 Å². The number of rotatable bonds is 11. The summed E-state index contributed by atoms with van der Waals surface area (Å²) in [5, 5.41) is 6.94. The number of aliphatic imine (C=N–C) groups is 1. The number of ether oxygens (including phenoxy) is 2. The Hall–Kier alpha value is -4.85. The quantitative estimate of drug-likeness (QED) is 0.222. The first-order chi connectivity index (χ1) is 24.1. The van der Waals surface area contributed by atoms with Crippen LogP contribution in [0.1, 0.15) is 77.1 Å². The zero-order valence-electron chi connectivity index (χ0n) is 29.1. The van der Waals surface area contributed by atoms with Gasteiger partial charge in [-0.15, -0.1) is 0 Å². The molecule has 3 aliphatic rings. The molecule has 6 rings (SSSR count). The molecule has 3 aromatic rings. The van der Waals surface area contributed by atoms with Crippen LogP contribution in [0.5, 0.6) is 5.88 Å². The zero-order valence-corrected chi connectivity index (χ0v) is 29.8. The monoisotopic (exact) mass is 722 g/mol. The minimum Gasteiger partial charge on any atom is -0.481 e. The number of methoxy groups -OCH3 is 1. The van der Waals surface area contributed by atoms with Gasteiger partial charge >= 0.3 is 12.6 Å². The fourth-order valence-electron chi connectivity index (χ4n) is 6.62. The van der Waals surface area contributed by atoms with Gasteiger partial charge in [0, 0.05) is 41.0 Å². The molecule has 2 aromatic heterocycles. The lowest BCUT2D eigenvalue weighted by Crippen LogP contribution is -2.55. The highest BCUT2D eigenvalue weighted by Gasteiger charge is 2.60. The van der Waals surface area contributed by atoms with Crippen molar-refractivity contribution in [2.75, 3.05) is 13.7 Å². The van der Waals surface area contributed by atoms with Gasteiger partial charge in [0.05, 0.1) is 24.4 Å². The molecule has 0 bridgehead atoms. The Bertz CT molecular complexity index is 1920. The van der Waals surface area contributed by atoms with Crippen LogP contribution in [0.2, 0.25) is 5.02 Å². The lowest BCUT2D eigenvalue weighted by molar-refractivity contribution is -0.138. The number of hydrogen-bond donors (Lipinski definition) is 2. The molecule has 51 heavy (non-hydrogen) atoms. The molecule has 1 aliphatic heterocycles. The molecule has 3 heterocycles. The normalized spacial score (nSPS) is 22.5. The maximum absolute atomic E-state index is 15.2. The summed E-state index contributed by atoms with van der Waals surface area (Å²) in [6.07, 6.45) is 11.6. The number of benzene rings is 1. The van der Waals surface area contributed by atoms with Gasteiger partial charge in [-0.25, -0.2) is 19.5 Å². The smallest absolute Gasteiger partial charge is 0.407 e. The van der Waals surface area contributed by atoms with Gasteiger partial charge in [-0.3, -0.25) is 9.69 Å². The van der Waals surface area contributed by atoms with E-state index in [-0.39, 0.29) is 29.9 Å². The van der Waals surface area contributed by atoms with Gasteiger partial charge in [0.1, 0.15) is 6.61 Å². The van der Waals surface area contributed by atoms with Gasteiger partial charge in [0.25, 0.3) is 5.91 Å². The lowest BCUT2D eigenvalue weighted by Gasteiger charge is -2.45. The van der Waals surface area contributed by atoms with Gasteiger partial charge in [-0.2, -0.15) is 18.9 Å². The molecule has 1 unspecified atom stereocenters. The molecule has 12 nitrogen and oxygen atoms in total. The van der Waals surface area contributed by atoms with Crippen LogP contribution in [0.3, 0.4) is 0 Å². The first-order valence-corrected chi connectivity index (χ1v) is 17.0. The predicted octanol–water partition coefficient (Wildman–Crippen LogP) is 6.71. The number of nitrogens with one attached hydrogen (secondary N) is 1. The highest BCUT2D eigenvalue weighted by Crippen LogP contribution is 2.52. The largest absolute Gasteiger partial charge is 0.481 e. The average Bonchev–Trinajstić information content (AvgIpc) is 3.68. The fourth-order valence-corrected chi connectivity index (χ4v) is 6.82. The van der Waals surface area contributed by atoms with Crippen LogP contribution in [0.25, 0.3) is 17.0 Å². The second kappa shape index (κ2) is 13.7. The first kappa shape index (κ1) is 36.0. The fraction of sp³-hybridized carbons (Fsp3) is 0.444. The van der Waals surface area contributed by atoms with Crippen molar-refractivity contribution >= 4 is 35.1 Å². The highest BCUT2D eigenvalue weighted by molar-refractivity contribution is 6.33. The summed E-state index contributed by atoms with van der Waals surface area (Å²) in [4.78, 5) is 43.2. The number of hydrogen-bond acceptors (Lipinski definition) is 9. The molecule has 2 aliphatic carbocycles. The summed E-state index contributed by atoms with van der Waals surface area (Å²) in [6, 6.07) is 5.90. The molecule has 0 saturated heterocycles. The van der Waals surface area contributed by atoms with Crippen LogP contribution in [-0.4, -0.2) is 67.9 Å². The first-order valence-electron chi connectivity index (χ1n) is 16.6. The van der Waals surface area contributed by atoms with Crippen LogP contribution in [0, 0.1) is 10.8 Å². The molecule has 1 saturated carbocycles. The molecule has 1 aromatic carbocycles. The lowest BCUT2D eigenvalue weighted by atomic mass is 9.61. The minimum absolute atomic E-state index is 0.0304. The molecular weight excluding hydrogens is 682 g/mol. The molecule has 270 valence electrons. The number of aromatic nitrogens is 4. The van der Waals surface area contributed by atoms with Crippen molar-refractivity contribution in [3.8, 4) is 17.3 Å². The molecular formula is C36H41ClF2N8O4. The van der Waals surface area contributed by atoms with E-state index in [1.54, 1.807) is 30.5 Å². The third-order valence-corrected chi connectivity index (χ3v) is 9.74. The Morgan fingerprint density at radius 2 is 2.00 bits per heavy atom. The predicted molar refractivity (Wildman–Crippen MR) is 188 cm³/mol. The number of nitrogens with two attached hydrogens (primary N) is 1. The van der Waals surface area contributed by atoms with E-state index in [1.807, 2.05) is 45.9 Å². The number of alkyl carbamates (subject to hydrolysis) is 1.